The van der Waals surface area contributed by atoms with Gasteiger partial charge >= 0.3 is 0 Å². The van der Waals surface area contributed by atoms with Crippen molar-refractivity contribution in [3.05, 3.63) is 77.5 Å². The lowest BCUT2D eigenvalue weighted by Gasteiger charge is -2.31. The monoisotopic (exact) mass is 408 g/mol. The number of hydrogen-bond donors (Lipinski definition) is 2. The minimum absolute atomic E-state index is 0.246. The zero-order valence-electron chi connectivity index (χ0n) is 17.5. The molecule has 156 valence electrons. The lowest BCUT2D eigenvalue weighted by atomic mass is 9.94. The molecule has 0 aliphatic carbocycles. The zero-order chi connectivity index (χ0) is 21.3. The minimum Gasteiger partial charge on any atom is -0.493 e. The van der Waals surface area contributed by atoms with Crippen LogP contribution in [0.25, 0.3) is 5.57 Å². The van der Waals surface area contributed by atoms with E-state index >= 15 is 0 Å². The van der Waals surface area contributed by atoms with Crippen molar-refractivity contribution in [3.63, 3.8) is 0 Å². The average molecular weight is 408 g/mol. The number of benzene rings is 2. The molecule has 6 nitrogen and oxygen atoms in total. The van der Waals surface area contributed by atoms with E-state index in [1.54, 1.807) is 26.4 Å². The van der Waals surface area contributed by atoms with Crippen LogP contribution in [0.1, 0.15) is 25.0 Å². The van der Waals surface area contributed by atoms with E-state index < -0.39 is 5.66 Å². The highest BCUT2D eigenvalue weighted by molar-refractivity contribution is 5.95. The molecule has 0 saturated heterocycles. The summed E-state index contributed by atoms with van der Waals surface area (Å²) in [5.41, 5.74) is 6.71. The molecule has 30 heavy (non-hydrogen) atoms. The molecule has 2 aliphatic rings. The molecular formula is C23H25FN4O2. The number of nitrogens with zero attached hydrogens (tertiary/aromatic N) is 2. The number of nitrogens with one attached hydrogen (secondary N) is 2. The molecule has 2 aliphatic heterocycles. The summed E-state index contributed by atoms with van der Waals surface area (Å²) < 4.78 is 24.2. The SMILES string of the molecule is COc1ccc(C2=C3N=C(C)C=CN3NC2(C)NCc2ccc(F)cc2)cc1OC. The summed E-state index contributed by atoms with van der Waals surface area (Å²) in [5.74, 6) is 1.88. The van der Waals surface area contributed by atoms with Crippen molar-refractivity contribution < 1.29 is 13.9 Å². The van der Waals surface area contributed by atoms with Gasteiger partial charge in [-0.25, -0.2) is 14.8 Å². The van der Waals surface area contributed by atoms with E-state index in [1.807, 2.05) is 42.4 Å². The van der Waals surface area contributed by atoms with Gasteiger partial charge in [-0.2, -0.15) is 0 Å². The fourth-order valence-corrected chi connectivity index (χ4v) is 3.72. The molecule has 2 heterocycles. The summed E-state index contributed by atoms with van der Waals surface area (Å²) in [4.78, 5) is 4.77. The fraction of sp³-hybridized carbons (Fsp3) is 0.261. The van der Waals surface area contributed by atoms with E-state index in [-0.39, 0.29) is 5.82 Å². The summed E-state index contributed by atoms with van der Waals surface area (Å²) >= 11 is 0. The Labute approximate surface area is 175 Å². The van der Waals surface area contributed by atoms with Gasteiger partial charge in [-0.05, 0) is 55.3 Å². The molecule has 2 aromatic rings. The average Bonchev–Trinajstić information content (AvgIpc) is 3.04. The third-order valence-electron chi connectivity index (χ3n) is 5.27. The Balaban J connectivity index is 1.75. The van der Waals surface area contributed by atoms with E-state index in [4.69, 9.17) is 14.5 Å². The topological polar surface area (TPSA) is 58.1 Å². The summed E-state index contributed by atoms with van der Waals surface area (Å²) in [6.07, 6.45) is 3.91. The van der Waals surface area contributed by atoms with Gasteiger partial charge in [0.15, 0.2) is 17.3 Å². The molecule has 0 spiro atoms. The molecule has 0 fully saturated rings. The van der Waals surface area contributed by atoms with Gasteiger partial charge in [-0.3, -0.25) is 10.3 Å². The summed E-state index contributed by atoms with van der Waals surface area (Å²) in [7, 11) is 3.24. The number of fused-ring (bicyclic) bond motifs is 1. The Morgan fingerprint density at radius 3 is 2.53 bits per heavy atom. The molecule has 4 rings (SSSR count). The standard InChI is InChI=1S/C23H25FN4O2/c1-15-11-12-28-22(26-15)21(17-7-10-19(29-3)20(13-17)30-4)23(2,27-28)25-14-16-5-8-18(24)9-6-16/h5-13,25,27H,14H2,1-4H3. The Hall–Kier alpha value is -3.16. The smallest absolute Gasteiger partial charge is 0.161 e. The molecule has 1 atom stereocenters. The van der Waals surface area contributed by atoms with E-state index in [0.29, 0.717) is 18.0 Å². The van der Waals surface area contributed by atoms with Crippen molar-refractivity contribution >= 4 is 11.3 Å². The van der Waals surface area contributed by atoms with Crippen LogP contribution < -0.4 is 20.2 Å². The number of hydrogen-bond acceptors (Lipinski definition) is 6. The second-order valence-electron chi connectivity index (χ2n) is 7.42. The first-order valence-electron chi connectivity index (χ1n) is 9.70. The first kappa shape index (κ1) is 20.1. The zero-order valence-corrected chi connectivity index (χ0v) is 17.5. The lowest BCUT2D eigenvalue weighted by Crippen LogP contribution is -2.54. The van der Waals surface area contributed by atoms with Crippen LogP contribution in [0.5, 0.6) is 11.5 Å². The second kappa shape index (κ2) is 7.93. The molecule has 2 aromatic carbocycles. The number of allylic oxidation sites excluding steroid dienone is 1. The predicted molar refractivity (Wildman–Crippen MR) is 115 cm³/mol. The molecular weight excluding hydrogens is 383 g/mol. The molecule has 2 N–H and O–H groups in total. The molecule has 0 aromatic heterocycles. The van der Waals surface area contributed by atoms with Gasteiger partial charge in [0.2, 0.25) is 0 Å². The van der Waals surface area contributed by atoms with Crippen molar-refractivity contribution in [2.75, 3.05) is 14.2 Å². The van der Waals surface area contributed by atoms with E-state index in [0.717, 1.165) is 28.2 Å². The normalized spacial score (nSPS) is 20.3. The Bertz CT molecular complexity index is 1050. The number of methoxy groups -OCH3 is 2. The van der Waals surface area contributed by atoms with Crippen LogP contribution in [0.3, 0.4) is 0 Å². The summed E-state index contributed by atoms with van der Waals surface area (Å²) in [6, 6.07) is 12.3. The third kappa shape index (κ3) is 3.69. The summed E-state index contributed by atoms with van der Waals surface area (Å²) in [6.45, 7) is 4.58. The lowest BCUT2D eigenvalue weighted by molar-refractivity contribution is 0.244. The third-order valence-corrected chi connectivity index (χ3v) is 5.27. The first-order chi connectivity index (χ1) is 14.4. The van der Waals surface area contributed by atoms with Crippen molar-refractivity contribution in [1.29, 1.82) is 0 Å². The number of halogens is 1. The maximum atomic E-state index is 13.3. The van der Waals surface area contributed by atoms with Crippen LogP contribution in [0, 0.1) is 5.82 Å². The largest absolute Gasteiger partial charge is 0.493 e. The highest BCUT2D eigenvalue weighted by Crippen LogP contribution is 2.40. The number of ether oxygens (including phenoxy) is 2. The van der Waals surface area contributed by atoms with Gasteiger partial charge < -0.3 is 9.47 Å². The van der Waals surface area contributed by atoms with Crippen LogP contribution in [-0.4, -0.2) is 30.6 Å². The van der Waals surface area contributed by atoms with E-state index in [2.05, 4.69) is 17.7 Å². The number of hydrazine groups is 1. The van der Waals surface area contributed by atoms with Gasteiger partial charge in [0.25, 0.3) is 0 Å². The van der Waals surface area contributed by atoms with Crippen LogP contribution in [0.15, 0.2) is 65.6 Å². The predicted octanol–water partition coefficient (Wildman–Crippen LogP) is 3.83. The van der Waals surface area contributed by atoms with Gasteiger partial charge in [0, 0.05) is 24.0 Å². The molecule has 0 radical (unpaired) electrons. The maximum Gasteiger partial charge on any atom is 0.161 e. The summed E-state index contributed by atoms with van der Waals surface area (Å²) in [5, 5.41) is 5.48. The van der Waals surface area contributed by atoms with Gasteiger partial charge in [-0.15, -0.1) is 0 Å². The van der Waals surface area contributed by atoms with Crippen LogP contribution in [0.4, 0.5) is 4.39 Å². The molecule has 7 heteroatoms. The van der Waals surface area contributed by atoms with Gasteiger partial charge in [0.05, 0.1) is 14.2 Å². The highest BCUT2D eigenvalue weighted by atomic mass is 19.1. The molecule has 0 saturated carbocycles. The maximum absolute atomic E-state index is 13.3. The van der Waals surface area contributed by atoms with Crippen LogP contribution >= 0.6 is 0 Å². The quantitative estimate of drug-likeness (QED) is 0.761. The molecule has 0 amide bonds. The van der Waals surface area contributed by atoms with Crippen molar-refractivity contribution in [3.8, 4) is 11.5 Å². The van der Waals surface area contributed by atoms with Crippen molar-refractivity contribution in [2.45, 2.75) is 26.1 Å². The fourth-order valence-electron chi connectivity index (χ4n) is 3.72. The number of aliphatic imine (C=N–C) groups is 1. The van der Waals surface area contributed by atoms with E-state index in [1.165, 1.54) is 12.1 Å². The molecule has 0 bridgehead atoms. The Kier molecular flexibility index (Phi) is 5.32. The van der Waals surface area contributed by atoms with E-state index in [9.17, 15) is 4.39 Å². The minimum atomic E-state index is -0.623. The van der Waals surface area contributed by atoms with Crippen LogP contribution in [0.2, 0.25) is 0 Å². The van der Waals surface area contributed by atoms with Crippen molar-refractivity contribution in [2.24, 2.45) is 4.99 Å². The second-order valence-corrected chi connectivity index (χ2v) is 7.42. The van der Waals surface area contributed by atoms with Gasteiger partial charge in [0.1, 0.15) is 11.5 Å². The molecule has 1 unspecified atom stereocenters. The van der Waals surface area contributed by atoms with Gasteiger partial charge in [-0.1, -0.05) is 18.2 Å². The Morgan fingerprint density at radius 1 is 1.10 bits per heavy atom. The Morgan fingerprint density at radius 2 is 1.83 bits per heavy atom. The highest BCUT2D eigenvalue weighted by Gasteiger charge is 2.42. The first-order valence-corrected chi connectivity index (χ1v) is 9.70. The van der Waals surface area contributed by atoms with Crippen molar-refractivity contribution in [1.82, 2.24) is 15.8 Å². The van der Waals surface area contributed by atoms with Crippen LogP contribution in [-0.2, 0) is 6.54 Å². The number of rotatable bonds is 6.